The molecule has 114 valence electrons. The van der Waals surface area contributed by atoms with Crippen molar-refractivity contribution in [3.8, 4) is 5.75 Å². The van der Waals surface area contributed by atoms with Crippen LogP contribution in [0.25, 0.3) is 6.08 Å². The monoisotopic (exact) mass is 291 g/mol. The van der Waals surface area contributed by atoms with E-state index in [1.807, 2.05) is 24.3 Å². The smallest absolute Gasteiger partial charge is 0.303 e. The van der Waals surface area contributed by atoms with Crippen LogP contribution in [0.3, 0.4) is 0 Å². The highest BCUT2D eigenvalue weighted by atomic mass is 16.5. The first kappa shape index (κ1) is 16.8. The van der Waals surface area contributed by atoms with Crippen LogP contribution in [0.4, 0.5) is 0 Å². The van der Waals surface area contributed by atoms with Crippen molar-refractivity contribution in [1.82, 2.24) is 5.32 Å². The van der Waals surface area contributed by atoms with Crippen LogP contribution < -0.4 is 10.1 Å². The molecule has 1 amide bonds. The molecule has 0 aliphatic carbocycles. The van der Waals surface area contributed by atoms with Crippen molar-refractivity contribution in [2.75, 3.05) is 13.7 Å². The van der Waals surface area contributed by atoms with Crippen molar-refractivity contribution < 1.29 is 19.4 Å². The number of nitrogens with one attached hydrogen (secondary N) is 1. The maximum atomic E-state index is 11.6. The molecule has 0 saturated heterocycles. The lowest BCUT2D eigenvalue weighted by atomic mass is 10.2. The molecule has 0 bridgehead atoms. The average molecular weight is 291 g/mol. The molecule has 0 saturated carbocycles. The van der Waals surface area contributed by atoms with Crippen molar-refractivity contribution in [1.29, 1.82) is 0 Å². The van der Waals surface area contributed by atoms with Gasteiger partial charge in [-0.3, -0.25) is 9.59 Å². The molecule has 2 N–H and O–H groups in total. The number of amides is 1. The largest absolute Gasteiger partial charge is 0.496 e. The first-order chi connectivity index (χ1) is 10.1. The zero-order valence-electron chi connectivity index (χ0n) is 12.2. The number of carboxylic acid groups (broad SMARTS) is 1. The fourth-order valence-corrected chi connectivity index (χ4v) is 1.82. The fraction of sp³-hybridized carbons (Fsp3) is 0.375. The normalized spacial score (nSPS) is 10.5. The molecule has 0 unspecified atom stereocenters. The minimum Gasteiger partial charge on any atom is -0.496 e. The van der Waals surface area contributed by atoms with E-state index in [1.165, 1.54) is 6.08 Å². The Hall–Kier alpha value is -2.30. The fourth-order valence-electron chi connectivity index (χ4n) is 1.82. The second-order valence-electron chi connectivity index (χ2n) is 4.57. The third-order valence-electron chi connectivity index (χ3n) is 2.92. The number of hydrogen-bond acceptors (Lipinski definition) is 3. The number of rotatable bonds is 9. The number of unbranched alkanes of at least 4 members (excludes halogenated alkanes) is 2. The van der Waals surface area contributed by atoms with Crippen LogP contribution in [-0.2, 0) is 9.59 Å². The lowest BCUT2D eigenvalue weighted by molar-refractivity contribution is -0.137. The summed E-state index contributed by atoms with van der Waals surface area (Å²) in [6, 6.07) is 7.45. The number of carbonyl (C=O) groups excluding carboxylic acids is 1. The van der Waals surface area contributed by atoms with Gasteiger partial charge in [-0.25, -0.2) is 0 Å². The SMILES string of the molecule is COc1ccccc1/C=C/C(=O)NCCCCCC(=O)O. The highest BCUT2D eigenvalue weighted by Crippen LogP contribution is 2.18. The summed E-state index contributed by atoms with van der Waals surface area (Å²) in [5, 5.41) is 11.3. The topological polar surface area (TPSA) is 75.6 Å². The van der Waals surface area contributed by atoms with Gasteiger partial charge >= 0.3 is 5.97 Å². The van der Waals surface area contributed by atoms with E-state index in [9.17, 15) is 9.59 Å². The molecular weight excluding hydrogens is 270 g/mol. The average Bonchev–Trinajstić information content (AvgIpc) is 2.48. The van der Waals surface area contributed by atoms with Crippen molar-refractivity contribution in [3.63, 3.8) is 0 Å². The van der Waals surface area contributed by atoms with Gasteiger partial charge in [-0.15, -0.1) is 0 Å². The number of aliphatic carboxylic acids is 1. The Kier molecular flexibility index (Phi) is 7.64. The van der Waals surface area contributed by atoms with Gasteiger partial charge < -0.3 is 15.2 Å². The van der Waals surface area contributed by atoms with E-state index in [0.29, 0.717) is 13.0 Å². The Balaban J connectivity index is 2.27. The lowest BCUT2D eigenvalue weighted by Crippen LogP contribution is -2.22. The van der Waals surface area contributed by atoms with Crippen LogP contribution in [0.1, 0.15) is 31.2 Å². The summed E-state index contributed by atoms with van der Waals surface area (Å²) < 4.78 is 5.19. The number of benzene rings is 1. The Morgan fingerprint density at radius 1 is 1.24 bits per heavy atom. The molecule has 5 heteroatoms. The zero-order valence-corrected chi connectivity index (χ0v) is 12.2. The number of carboxylic acids is 1. The van der Waals surface area contributed by atoms with Gasteiger partial charge in [0.2, 0.25) is 5.91 Å². The van der Waals surface area contributed by atoms with Crippen molar-refractivity contribution in [2.24, 2.45) is 0 Å². The molecule has 5 nitrogen and oxygen atoms in total. The summed E-state index contributed by atoms with van der Waals surface area (Å²) in [5.41, 5.74) is 0.844. The number of ether oxygens (including phenoxy) is 1. The van der Waals surface area contributed by atoms with E-state index in [1.54, 1.807) is 13.2 Å². The van der Waals surface area contributed by atoms with Crippen molar-refractivity contribution in [2.45, 2.75) is 25.7 Å². The van der Waals surface area contributed by atoms with E-state index in [4.69, 9.17) is 9.84 Å². The minimum absolute atomic E-state index is 0.167. The summed E-state index contributed by atoms with van der Waals surface area (Å²) >= 11 is 0. The third kappa shape index (κ3) is 7.15. The summed E-state index contributed by atoms with van der Waals surface area (Å²) in [6.07, 6.45) is 5.57. The Labute approximate surface area is 124 Å². The molecule has 21 heavy (non-hydrogen) atoms. The van der Waals surface area contributed by atoms with Crippen LogP contribution in [0.15, 0.2) is 30.3 Å². The molecule has 0 heterocycles. The third-order valence-corrected chi connectivity index (χ3v) is 2.92. The second kappa shape index (κ2) is 9.58. The first-order valence-electron chi connectivity index (χ1n) is 6.94. The summed E-state index contributed by atoms with van der Waals surface area (Å²) in [7, 11) is 1.59. The molecule has 0 aromatic heterocycles. The van der Waals surface area contributed by atoms with Gasteiger partial charge in [0.25, 0.3) is 0 Å². The van der Waals surface area contributed by atoms with Gasteiger partial charge in [-0.2, -0.15) is 0 Å². The maximum absolute atomic E-state index is 11.6. The molecule has 0 aliphatic heterocycles. The molecule has 1 aromatic rings. The molecule has 0 radical (unpaired) electrons. The molecule has 1 aromatic carbocycles. The zero-order chi connectivity index (χ0) is 15.5. The van der Waals surface area contributed by atoms with Crippen LogP contribution in [0, 0.1) is 0 Å². The highest BCUT2D eigenvalue weighted by Gasteiger charge is 2.00. The van der Waals surface area contributed by atoms with Crippen LogP contribution >= 0.6 is 0 Å². The van der Waals surface area contributed by atoms with E-state index in [0.717, 1.165) is 24.2 Å². The van der Waals surface area contributed by atoms with Gasteiger partial charge in [-0.1, -0.05) is 24.6 Å². The van der Waals surface area contributed by atoms with Gasteiger partial charge in [0.15, 0.2) is 0 Å². The predicted octanol–water partition coefficient (Wildman–Crippen LogP) is 2.47. The number of carbonyl (C=O) groups is 2. The van der Waals surface area contributed by atoms with Crippen molar-refractivity contribution in [3.05, 3.63) is 35.9 Å². The Morgan fingerprint density at radius 3 is 2.71 bits per heavy atom. The van der Waals surface area contributed by atoms with Crippen LogP contribution in [0.5, 0.6) is 5.75 Å². The van der Waals surface area contributed by atoms with Crippen LogP contribution in [0.2, 0.25) is 0 Å². The lowest BCUT2D eigenvalue weighted by Gasteiger charge is -2.04. The Morgan fingerprint density at radius 2 is 2.00 bits per heavy atom. The number of hydrogen-bond donors (Lipinski definition) is 2. The van der Waals surface area contributed by atoms with E-state index < -0.39 is 5.97 Å². The summed E-state index contributed by atoms with van der Waals surface area (Å²) in [5.74, 6) is -0.229. The second-order valence-corrected chi connectivity index (χ2v) is 4.57. The van der Waals surface area contributed by atoms with Gasteiger partial charge in [0, 0.05) is 24.6 Å². The minimum atomic E-state index is -0.779. The highest BCUT2D eigenvalue weighted by molar-refractivity contribution is 5.92. The molecule has 1 rings (SSSR count). The first-order valence-corrected chi connectivity index (χ1v) is 6.94. The van der Waals surface area contributed by atoms with E-state index >= 15 is 0 Å². The van der Waals surface area contributed by atoms with E-state index in [-0.39, 0.29) is 12.3 Å². The van der Waals surface area contributed by atoms with E-state index in [2.05, 4.69) is 5.32 Å². The molecular formula is C16H21NO4. The maximum Gasteiger partial charge on any atom is 0.303 e. The molecule has 0 spiro atoms. The number of para-hydroxylation sites is 1. The van der Waals surface area contributed by atoms with Gasteiger partial charge in [0.1, 0.15) is 5.75 Å². The van der Waals surface area contributed by atoms with Gasteiger partial charge in [0.05, 0.1) is 7.11 Å². The molecule has 0 fully saturated rings. The summed E-state index contributed by atoms with van der Waals surface area (Å²) in [4.78, 5) is 21.9. The van der Waals surface area contributed by atoms with Gasteiger partial charge in [-0.05, 0) is 25.0 Å². The predicted molar refractivity (Wildman–Crippen MR) is 81.1 cm³/mol. The van der Waals surface area contributed by atoms with Crippen LogP contribution in [-0.4, -0.2) is 30.6 Å². The standard InChI is InChI=1S/C16H21NO4/c1-21-14-8-5-4-7-13(14)10-11-15(18)17-12-6-2-3-9-16(19)20/h4-5,7-8,10-11H,2-3,6,9,12H2,1H3,(H,17,18)(H,19,20)/b11-10+. The number of methoxy groups -OCH3 is 1. The van der Waals surface area contributed by atoms with Crippen molar-refractivity contribution >= 4 is 18.0 Å². The quantitative estimate of drug-likeness (QED) is 0.541. The molecule has 0 aliphatic rings. The molecule has 0 atom stereocenters. The summed E-state index contributed by atoms with van der Waals surface area (Å²) in [6.45, 7) is 0.550. The Bertz CT molecular complexity index is 497.